The molecule has 2 rings (SSSR count). The van der Waals surface area contributed by atoms with Gasteiger partial charge in [0.1, 0.15) is 0 Å². The molecule has 128 valence electrons. The summed E-state index contributed by atoms with van der Waals surface area (Å²) in [5.74, 6) is 0. The van der Waals surface area contributed by atoms with Gasteiger partial charge in [0.2, 0.25) is 10.0 Å². The van der Waals surface area contributed by atoms with E-state index in [1.54, 1.807) is 18.2 Å². The van der Waals surface area contributed by atoms with E-state index in [4.69, 9.17) is 5.11 Å². The lowest BCUT2D eigenvalue weighted by atomic mass is 10.00. The number of benzene rings is 2. The van der Waals surface area contributed by atoms with Gasteiger partial charge in [-0.3, -0.25) is 10.1 Å². The van der Waals surface area contributed by atoms with E-state index in [1.807, 2.05) is 6.92 Å². The second kappa shape index (κ2) is 7.52. The zero-order valence-electron chi connectivity index (χ0n) is 13.1. The summed E-state index contributed by atoms with van der Waals surface area (Å²) >= 11 is 0. The molecule has 0 fully saturated rings. The van der Waals surface area contributed by atoms with Crippen molar-refractivity contribution in [1.29, 1.82) is 0 Å². The number of hydrogen-bond donors (Lipinski definition) is 2. The molecule has 0 atom stereocenters. The molecule has 0 saturated carbocycles. The molecule has 7 nitrogen and oxygen atoms in total. The van der Waals surface area contributed by atoms with Crippen LogP contribution in [0, 0.1) is 17.0 Å². The third-order valence-corrected chi connectivity index (χ3v) is 5.01. The van der Waals surface area contributed by atoms with Crippen LogP contribution >= 0.6 is 0 Å². The Labute approximate surface area is 140 Å². The lowest BCUT2D eigenvalue weighted by Gasteiger charge is -2.09. The Morgan fingerprint density at radius 1 is 1.17 bits per heavy atom. The number of nitrogens with zero attached hydrogens (tertiary/aromatic N) is 1. The molecule has 2 aromatic carbocycles. The normalized spacial score (nSPS) is 11.4. The number of rotatable bonds is 7. The first-order valence-corrected chi connectivity index (χ1v) is 8.79. The first kappa shape index (κ1) is 18.1. The summed E-state index contributed by atoms with van der Waals surface area (Å²) in [6, 6.07) is 10.7. The van der Waals surface area contributed by atoms with Gasteiger partial charge in [0.25, 0.3) is 5.69 Å². The standard InChI is InChI=1S/C16H18N2O5S/c1-12-3-6-14(18(20)21)11-16(12)13-4-7-15(8-5-13)24(22,23)17-9-2-10-19/h3-8,11,17,19H,2,9-10H2,1H3. The molecular formula is C16H18N2O5S. The minimum Gasteiger partial charge on any atom is -0.396 e. The van der Waals surface area contributed by atoms with Gasteiger partial charge in [-0.15, -0.1) is 0 Å². The Bertz CT molecular complexity index is 832. The molecule has 0 aliphatic rings. The van der Waals surface area contributed by atoms with Gasteiger partial charge in [-0.2, -0.15) is 0 Å². The molecule has 0 saturated heterocycles. The van der Waals surface area contributed by atoms with Crippen LogP contribution in [0.3, 0.4) is 0 Å². The molecule has 2 aromatic rings. The number of aryl methyl sites for hydroxylation is 1. The first-order chi connectivity index (χ1) is 11.3. The number of nitro benzene ring substituents is 1. The quantitative estimate of drug-likeness (QED) is 0.452. The summed E-state index contributed by atoms with van der Waals surface area (Å²) in [6.07, 6.45) is 0.337. The third kappa shape index (κ3) is 4.16. The fourth-order valence-corrected chi connectivity index (χ4v) is 3.29. The van der Waals surface area contributed by atoms with Crippen molar-refractivity contribution in [3.05, 3.63) is 58.1 Å². The fraction of sp³-hybridized carbons (Fsp3) is 0.250. The van der Waals surface area contributed by atoms with Crippen molar-refractivity contribution in [2.45, 2.75) is 18.2 Å². The van der Waals surface area contributed by atoms with E-state index in [9.17, 15) is 18.5 Å². The molecule has 0 unspecified atom stereocenters. The highest BCUT2D eigenvalue weighted by Gasteiger charge is 2.14. The van der Waals surface area contributed by atoms with Gasteiger partial charge in [0, 0.05) is 25.3 Å². The number of non-ortho nitro benzene ring substituents is 1. The van der Waals surface area contributed by atoms with Crippen LogP contribution in [-0.4, -0.2) is 31.6 Å². The van der Waals surface area contributed by atoms with E-state index >= 15 is 0 Å². The number of aliphatic hydroxyl groups is 1. The second-order valence-corrected chi connectivity index (χ2v) is 7.02. The highest BCUT2D eigenvalue weighted by Crippen LogP contribution is 2.28. The number of nitro groups is 1. The molecular weight excluding hydrogens is 332 g/mol. The molecule has 0 aliphatic carbocycles. The molecule has 24 heavy (non-hydrogen) atoms. The smallest absolute Gasteiger partial charge is 0.270 e. The SMILES string of the molecule is Cc1ccc([N+](=O)[O-])cc1-c1ccc(S(=O)(=O)NCCCO)cc1. The maximum absolute atomic E-state index is 12.1. The van der Waals surface area contributed by atoms with Crippen molar-refractivity contribution < 1.29 is 18.4 Å². The summed E-state index contributed by atoms with van der Waals surface area (Å²) in [5.41, 5.74) is 2.22. The number of hydrogen-bond acceptors (Lipinski definition) is 5. The van der Waals surface area contributed by atoms with Crippen molar-refractivity contribution in [3.63, 3.8) is 0 Å². The van der Waals surface area contributed by atoms with Crippen molar-refractivity contribution in [3.8, 4) is 11.1 Å². The van der Waals surface area contributed by atoms with E-state index < -0.39 is 14.9 Å². The average molecular weight is 350 g/mol. The van der Waals surface area contributed by atoms with E-state index in [2.05, 4.69) is 4.72 Å². The molecule has 2 N–H and O–H groups in total. The largest absolute Gasteiger partial charge is 0.396 e. The van der Waals surface area contributed by atoms with Crippen LogP contribution in [0.2, 0.25) is 0 Å². The monoisotopic (exact) mass is 350 g/mol. The maximum Gasteiger partial charge on any atom is 0.270 e. The lowest BCUT2D eigenvalue weighted by Crippen LogP contribution is -2.25. The summed E-state index contributed by atoms with van der Waals surface area (Å²) in [7, 11) is -3.63. The van der Waals surface area contributed by atoms with Crippen LogP contribution in [0.15, 0.2) is 47.4 Å². The predicted molar refractivity (Wildman–Crippen MR) is 90.2 cm³/mol. The Hall–Kier alpha value is -2.29. The third-order valence-electron chi connectivity index (χ3n) is 3.53. The molecule has 0 aromatic heterocycles. The minimum atomic E-state index is -3.63. The Morgan fingerprint density at radius 2 is 1.83 bits per heavy atom. The van der Waals surface area contributed by atoms with Gasteiger partial charge >= 0.3 is 0 Å². The Kier molecular flexibility index (Phi) is 5.66. The van der Waals surface area contributed by atoms with Gasteiger partial charge in [0.15, 0.2) is 0 Å². The summed E-state index contributed by atoms with van der Waals surface area (Å²) in [4.78, 5) is 10.5. The minimum absolute atomic E-state index is 0.0158. The van der Waals surface area contributed by atoms with Crippen LogP contribution in [0.4, 0.5) is 5.69 Å². The van der Waals surface area contributed by atoms with Crippen molar-refractivity contribution >= 4 is 15.7 Å². The van der Waals surface area contributed by atoms with Crippen molar-refractivity contribution in [1.82, 2.24) is 4.72 Å². The van der Waals surface area contributed by atoms with E-state index in [-0.39, 0.29) is 23.7 Å². The highest BCUT2D eigenvalue weighted by atomic mass is 32.2. The van der Waals surface area contributed by atoms with Crippen LogP contribution in [-0.2, 0) is 10.0 Å². The van der Waals surface area contributed by atoms with Gasteiger partial charge in [-0.25, -0.2) is 13.1 Å². The fourth-order valence-electron chi connectivity index (χ4n) is 2.22. The maximum atomic E-state index is 12.1. The number of sulfonamides is 1. The summed E-state index contributed by atoms with van der Waals surface area (Å²) in [5, 5.41) is 19.6. The molecule has 0 bridgehead atoms. The zero-order chi connectivity index (χ0) is 17.7. The summed E-state index contributed by atoms with van der Waals surface area (Å²) < 4.78 is 26.6. The van der Waals surface area contributed by atoms with Crippen LogP contribution in [0.5, 0.6) is 0 Å². The number of aliphatic hydroxyl groups excluding tert-OH is 1. The van der Waals surface area contributed by atoms with Crippen molar-refractivity contribution in [2.75, 3.05) is 13.2 Å². The molecule has 0 amide bonds. The first-order valence-electron chi connectivity index (χ1n) is 7.31. The van der Waals surface area contributed by atoms with E-state index in [0.717, 1.165) is 5.56 Å². The van der Waals surface area contributed by atoms with E-state index in [0.29, 0.717) is 17.5 Å². The molecule has 0 heterocycles. The molecule has 0 aliphatic heterocycles. The second-order valence-electron chi connectivity index (χ2n) is 5.26. The lowest BCUT2D eigenvalue weighted by molar-refractivity contribution is -0.384. The van der Waals surface area contributed by atoms with Crippen LogP contribution < -0.4 is 4.72 Å². The van der Waals surface area contributed by atoms with Crippen LogP contribution in [0.25, 0.3) is 11.1 Å². The van der Waals surface area contributed by atoms with E-state index in [1.165, 1.54) is 24.3 Å². The molecule has 0 radical (unpaired) electrons. The van der Waals surface area contributed by atoms with Crippen LogP contribution in [0.1, 0.15) is 12.0 Å². The molecule has 8 heteroatoms. The predicted octanol–water partition coefficient (Wildman–Crippen LogP) is 2.23. The van der Waals surface area contributed by atoms with Gasteiger partial charge in [-0.1, -0.05) is 18.2 Å². The Morgan fingerprint density at radius 3 is 2.42 bits per heavy atom. The summed E-state index contributed by atoms with van der Waals surface area (Å²) in [6.45, 7) is 1.90. The zero-order valence-corrected chi connectivity index (χ0v) is 13.9. The number of nitrogens with one attached hydrogen (secondary N) is 1. The van der Waals surface area contributed by atoms with Gasteiger partial charge < -0.3 is 5.11 Å². The Balaban J connectivity index is 2.30. The molecule has 0 spiro atoms. The van der Waals surface area contributed by atoms with Crippen molar-refractivity contribution in [2.24, 2.45) is 0 Å². The van der Waals surface area contributed by atoms with Gasteiger partial charge in [-0.05, 0) is 42.2 Å². The average Bonchev–Trinajstić information content (AvgIpc) is 2.55. The highest BCUT2D eigenvalue weighted by molar-refractivity contribution is 7.89. The van der Waals surface area contributed by atoms with Gasteiger partial charge in [0.05, 0.1) is 9.82 Å². The topological polar surface area (TPSA) is 110 Å².